The molecule has 3 heterocycles. The van der Waals surface area contributed by atoms with Gasteiger partial charge in [-0.1, -0.05) is 0 Å². The predicted molar refractivity (Wildman–Crippen MR) is 78.5 cm³/mol. The summed E-state index contributed by atoms with van der Waals surface area (Å²) < 4.78 is 2.92. The van der Waals surface area contributed by atoms with Crippen molar-refractivity contribution in [2.24, 2.45) is 0 Å². The van der Waals surface area contributed by atoms with Crippen LogP contribution in [0.5, 0.6) is 0 Å². The third-order valence-corrected chi connectivity index (χ3v) is 4.74. The van der Waals surface area contributed by atoms with Crippen LogP contribution < -0.4 is 0 Å². The van der Waals surface area contributed by atoms with Gasteiger partial charge < -0.3 is 4.90 Å². The number of carbonyl (C=O) groups is 1. The molecule has 0 spiro atoms. The zero-order chi connectivity index (χ0) is 13.4. The fraction of sp³-hybridized carbons (Fsp3) is 0.385. The SMILES string of the molecule is Cc1ccc(C(=O)N2CCC(n3cc(Br)cn3)C2)s1. The van der Waals surface area contributed by atoms with Gasteiger partial charge in [-0.3, -0.25) is 9.48 Å². The Morgan fingerprint density at radius 1 is 1.53 bits per heavy atom. The van der Waals surface area contributed by atoms with E-state index in [2.05, 4.69) is 21.0 Å². The summed E-state index contributed by atoms with van der Waals surface area (Å²) in [6, 6.07) is 4.20. The Kier molecular flexibility index (Phi) is 3.45. The molecule has 100 valence electrons. The van der Waals surface area contributed by atoms with Gasteiger partial charge in [0.15, 0.2) is 0 Å². The van der Waals surface area contributed by atoms with Gasteiger partial charge in [0.1, 0.15) is 0 Å². The molecular weight excluding hydrogens is 326 g/mol. The average molecular weight is 340 g/mol. The van der Waals surface area contributed by atoms with Gasteiger partial charge in [0.05, 0.1) is 21.6 Å². The standard InChI is InChI=1S/C13H14BrN3OS/c1-9-2-3-12(19-9)13(18)16-5-4-11(8-16)17-7-10(14)6-15-17/h2-3,6-7,11H,4-5,8H2,1H3. The molecule has 1 fully saturated rings. The first-order chi connectivity index (χ1) is 9.13. The second-order valence-electron chi connectivity index (χ2n) is 4.74. The molecule has 2 aromatic heterocycles. The van der Waals surface area contributed by atoms with Crippen LogP contribution in [0.2, 0.25) is 0 Å². The first-order valence-electron chi connectivity index (χ1n) is 6.19. The van der Waals surface area contributed by atoms with Crippen molar-refractivity contribution in [1.82, 2.24) is 14.7 Å². The summed E-state index contributed by atoms with van der Waals surface area (Å²) in [6.07, 6.45) is 4.71. The molecule has 0 saturated carbocycles. The molecule has 4 nitrogen and oxygen atoms in total. The Bertz CT molecular complexity index is 607. The second-order valence-corrected chi connectivity index (χ2v) is 6.95. The van der Waals surface area contributed by atoms with Crippen LogP contribution in [0.1, 0.15) is 27.0 Å². The monoisotopic (exact) mass is 339 g/mol. The summed E-state index contributed by atoms with van der Waals surface area (Å²) in [7, 11) is 0. The van der Waals surface area contributed by atoms with E-state index in [1.165, 1.54) is 4.88 Å². The molecule has 0 aromatic carbocycles. The number of hydrogen-bond donors (Lipinski definition) is 0. The number of aromatic nitrogens is 2. The molecule has 1 atom stereocenters. The molecule has 1 unspecified atom stereocenters. The molecule has 1 saturated heterocycles. The summed E-state index contributed by atoms with van der Waals surface area (Å²) in [5.41, 5.74) is 0. The van der Waals surface area contributed by atoms with Crippen LogP contribution in [0, 0.1) is 6.92 Å². The van der Waals surface area contributed by atoms with Crippen molar-refractivity contribution in [2.75, 3.05) is 13.1 Å². The minimum absolute atomic E-state index is 0.145. The lowest BCUT2D eigenvalue weighted by molar-refractivity contribution is 0.0792. The first kappa shape index (κ1) is 12.9. The highest BCUT2D eigenvalue weighted by molar-refractivity contribution is 9.10. The quantitative estimate of drug-likeness (QED) is 0.843. The first-order valence-corrected chi connectivity index (χ1v) is 7.80. The predicted octanol–water partition coefficient (Wildman–Crippen LogP) is 3.10. The van der Waals surface area contributed by atoms with Crippen molar-refractivity contribution in [2.45, 2.75) is 19.4 Å². The maximum Gasteiger partial charge on any atom is 0.264 e. The summed E-state index contributed by atoms with van der Waals surface area (Å²) in [5, 5.41) is 4.30. The molecule has 1 amide bonds. The Morgan fingerprint density at radius 2 is 2.37 bits per heavy atom. The van der Waals surface area contributed by atoms with Crippen LogP contribution in [0.15, 0.2) is 29.0 Å². The summed E-state index contributed by atoms with van der Waals surface area (Å²) in [5.74, 6) is 0.145. The number of likely N-dealkylation sites (tertiary alicyclic amines) is 1. The Morgan fingerprint density at radius 3 is 3.00 bits per heavy atom. The molecule has 1 aliphatic heterocycles. The van der Waals surface area contributed by atoms with E-state index in [9.17, 15) is 4.79 Å². The zero-order valence-electron chi connectivity index (χ0n) is 10.5. The van der Waals surface area contributed by atoms with Crippen LogP contribution >= 0.6 is 27.3 Å². The number of aryl methyl sites for hydroxylation is 1. The third kappa shape index (κ3) is 2.60. The fourth-order valence-corrected chi connectivity index (χ4v) is 3.50. The second kappa shape index (κ2) is 5.09. The topological polar surface area (TPSA) is 38.1 Å². The number of nitrogens with zero attached hydrogens (tertiary/aromatic N) is 3. The van der Waals surface area contributed by atoms with Gasteiger partial charge in [-0.25, -0.2) is 0 Å². The van der Waals surface area contributed by atoms with Crippen LogP contribution in [-0.4, -0.2) is 33.7 Å². The summed E-state index contributed by atoms with van der Waals surface area (Å²) in [6.45, 7) is 3.57. The maximum atomic E-state index is 12.3. The van der Waals surface area contributed by atoms with Crippen LogP contribution in [-0.2, 0) is 0 Å². The molecule has 0 N–H and O–H groups in total. The highest BCUT2D eigenvalue weighted by atomic mass is 79.9. The number of amides is 1. The number of rotatable bonds is 2. The summed E-state index contributed by atoms with van der Waals surface area (Å²) in [4.78, 5) is 16.3. The smallest absolute Gasteiger partial charge is 0.264 e. The Balaban J connectivity index is 1.70. The van der Waals surface area contributed by atoms with Gasteiger partial charge in [0.25, 0.3) is 5.91 Å². The summed E-state index contributed by atoms with van der Waals surface area (Å²) >= 11 is 4.96. The van der Waals surface area contributed by atoms with Crippen LogP contribution in [0.4, 0.5) is 0 Å². The molecule has 0 bridgehead atoms. The van der Waals surface area contributed by atoms with Crippen LogP contribution in [0.25, 0.3) is 0 Å². The van der Waals surface area contributed by atoms with Crippen molar-refractivity contribution in [3.05, 3.63) is 38.8 Å². The largest absolute Gasteiger partial charge is 0.336 e. The highest BCUT2D eigenvalue weighted by Crippen LogP contribution is 2.25. The lowest BCUT2D eigenvalue weighted by Crippen LogP contribution is -2.28. The zero-order valence-corrected chi connectivity index (χ0v) is 12.9. The van der Waals surface area contributed by atoms with Gasteiger partial charge in [-0.15, -0.1) is 11.3 Å². The molecule has 6 heteroatoms. The van der Waals surface area contributed by atoms with Crippen molar-refractivity contribution >= 4 is 33.2 Å². The van der Waals surface area contributed by atoms with Gasteiger partial charge in [-0.2, -0.15) is 5.10 Å². The Hall–Kier alpha value is -1.14. The molecule has 0 radical (unpaired) electrons. The van der Waals surface area contributed by atoms with Crippen molar-refractivity contribution in [3.8, 4) is 0 Å². The van der Waals surface area contributed by atoms with E-state index < -0.39 is 0 Å². The van der Waals surface area contributed by atoms with Gasteiger partial charge in [0.2, 0.25) is 0 Å². The van der Waals surface area contributed by atoms with Gasteiger partial charge in [-0.05, 0) is 41.4 Å². The van der Waals surface area contributed by atoms with E-state index in [0.717, 1.165) is 28.9 Å². The lowest BCUT2D eigenvalue weighted by Gasteiger charge is -2.15. The van der Waals surface area contributed by atoms with E-state index in [1.54, 1.807) is 17.5 Å². The molecular formula is C13H14BrN3OS. The van der Waals surface area contributed by atoms with E-state index >= 15 is 0 Å². The van der Waals surface area contributed by atoms with Crippen LogP contribution in [0.3, 0.4) is 0 Å². The molecule has 19 heavy (non-hydrogen) atoms. The average Bonchev–Trinajstić information content (AvgIpc) is 3.07. The van der Waals surface area contributed by atoms with E-state index in [-0.39, 0.29) is 11.9 Å². The van der Waals surface area contributed by atoms with Crippen molar-refractivity contribution in [1.29, 1.82) is 0 Å². The van der Waals surface area contributed by atoms with Gasteiger partial charge >= 0.3 is 0 Å². The van der Waals surface area contributed by atoms with E-state index in [4.69, 9.17) is 0 Å². The highest BCUT2D eigenvalue weighted by Gasteiger charge is 2.29. The van der Waals surface area contributed by atoms with Gasteiger partial charge in [0, 0.05) is 24.2 Å². The van der Waals surface area contributed by atoms with Crippen molar-refractivity contribution in [3.63, 3.8) is 0 Å². The molecule has 2 aromatic rings. The van der Waals surface area contributed by atoms with Crippen molar-refractivity contribution < 1.29 is 4.79 Å². The number of halogens is 1. The van der Waals surface area contributed by atoms with E-state index in [1.807, 2.05) is 34.8 Å². The number of hydrogen-bond acceptors (Lipinski definition) is 3. The maximum absolute atomic E-state index is 12.3. The normalized spacial score (nSPS) is 19.1. The lowest BCUT2D eigenvalue weighted by atomic mass is 10.3. The Labute approximate surface area is 124 Å². The number of thiophene rings is 1. The number of carbonyl (C=O) groups excluding carboxylic acids is 1. The fourth-order valence-electron chi connectivity index (χ4n) is 2.36. The molecule has 3 rings (SSSR count). The molecule has 0 aliphatic carbocycles. The third-order valence-electron chi connectivity index (χ3n) is 3.35. The molecule has 1 aliphatic rings. The minimum atomic E-state index is 0.145. The van der Waals surface area contributed by atoms with E-state index in [0.29, 0.717) is 0 Å². The minimum Gasteiger partial charge on any atom is -0.336 e.